The number of benzene rings is 2. The molecule has 0 radical (unpaired) electrons. The van der Waals surface area contributed by atoms with Crippen LogP contribution in [0.1, 0.15) is 12.8 Å². The zero-order chi connectivity index (χ0) is 17.9. The average molecular weight is 348 g/mol. The van der Waals surface area contributed by atoms with E-state index in [1.807, 2.05) is 42.5 Å². The Balaban J connectivity index is 1.79. The number of halogens is 1. The van der Waals surface area contributed by atoms with Gasteiger partial charge in [-0.05, 0) is 25.0 Å². The van der Waals surface area contributed by atoms with Crippen LogP contribution in [0.3, 0.4) is 0 Å². The van der Waals surface area contributed by atoms with Crippen molar-refractivity contribution in [3.8, 4) is 22.6 Å². The van der Waals surface area contributed by atoms with E-state index in [0.29, 0.717) is 11.4 Å². The van der Waals surface area contributed by atoms with E-state index in [1.165, 1.54) is 12.1 Å². The molecule has 3 aromatic rings. The second-order valence-corrected chi connectivity index (χ2v) is 6.64. The first-order valence-corrected chi connectivity index (χ1v) is 8.90. The zero-order valence-corrected chi connectivity index (χ0v) is 14.5. The van der Waals surface area contributed by atoms with E-state index in [9.17, 15) is 4.39 Å². The third-order valence-corrected chi connectivity index (χ3v) is 4.73. The zero-order valence-electron chi connectivity index (χ0n) is 14.5. The van der Waals surface area contributed by atoms with Crippen LogP contribution in [0.4, 0.5) is 10.2 Å². The van der Waals surface area contributed by atoms with Crippen molar-refractivity contribution in [3.05, 3.63) is 66.5 Å². The van der Waals surface area contributed by atoms with Gasteiger partial charge in [0, 0.05) is 36.3 Å². The van der Waals surface area contributed by atoms with Gasteiger partial charge in [0.2, 0.25) is 0 Å². The smallest absolute Gasteiger partial charge is 0.162 e. The van der Waals surface area contributed by atoms with Crippen LogP contribution in [-0.4, -0.2) is 29.1 Å². The highest BCUT2D eigenvalue weighted by molar-refractivity contribution is 5.68. The molecule has 1 aliphatic rings. The molecule has 26 heavy (non-hydrogen) atoms. The van der Waals surface area contributed by atoms with Crippen LogP contribution in [0, 0.1) is 5.82 Å². The number of nitrogens with zero attached hydrogens (tertiary/aromatic N) is 3. The summed E-state index contributed by atoms with van der Waals surface area (Å²) in [5, 5.41) is 0. The number of rotatable bonds is 3. The molecule has 0 amide bonds. The predicted molar refractivity (Wildman–Crippen MR) is 102 cm³/mol. The fourth-order valence-electron chi connectivity index (χ4n) is 3.24. The van der Waals surface area contributed by atoms with Gasteiger partial charge in [-0.25, -0.2) is 14.4 Å². The van der Waals surface area contributed by atoms with Crippen LogP contribution in [-0.2, 0) is 0 Å². The summed E-state index contributed by atoms with van der Waals surface area (Å²) in [6.07, 6.45) is 1.89. The quantitative estimate of drug-likeness (QED) is 0.780. The highest BCUT2D eigenvalue weighted by Crippen LogP contribution is 2.27. The Morgan fingerprint density at radius 1 is 0.885 bits per heavy atom. The molecule has 0 bridgehead atoms. The summed E-state index contributed by atoms with van der Waals surface area (Å²) >= 11 is 0. The Bertz CT molecular complexity index is 890. The van der Waals surface area contributed by atoms with Gasteiger partial charge in [-0.3, -0.25) is 0 Å². The van der Waals surface area contributed by atoms with Crippen molar-refractivity contribution in [3.63, 3.8) is 0 Å². The molecule has 0 spiro atoms. The van der Waals surface area contributed by atoms with Crippen LogP contribution in [0.15, 0.2) is 60.7 Å². The number of hydrogen-bond acceptors (Lipinski definition) is 4. The molecular formula is C21H21FN4. The third kappa shape index (κ3) is 3.58. The summed E-state index contributed by atoms with van der Waals surface area (Å²) in [6, 6.07) is 18.7. The lowest BCUT2D eigenvalue weighted by atomic mass is 10.1. The fraction of sp³-hybridized carbons (Fsp3) is 0.238. The first-order chi connectivity index (χ1) is 12.7. The van der Waals surface area contributed by atoms with Gasteiger partial charge in [0.25, 0.3) is 0 Å². The van der Waals surface area contributed by atoms with Crippen molar-refractivity contribution < 1.29 is 4.39 Å². The van der Waals surface area contributed by atoms with E-state index >= 15 is 0 Å². The first-order valence-electron chi connectivity index (χ1n) is 8.90. The molecule has 1 aliphatic heterocycles. The van der Waals surface area contributed by atoms with Gasteiger partial charge >= 0.3 is 0 Å². The Labute approximate surface area is 152 Å². The van der Waals surface area contributed by atoms with Crippen molar-refractivity contribution in [2.24, 2.45) is 5.73 Å². The minimum Gasteiger partial charge on any atom is -0.356 e. The summed E-state index contributed by atoms with van der Waals surface area (Å²) in [6.45, 7) is 1.74. The highest BCUT2D eigenvalue weighted by atomic mass is 19.1. The van der Waals surface area contributed by atoms with Gasteiger partial charge in [-0.1, -0.05) is 42.5 Å². The van der Waals surface area contributed by atoms with Crippen LogP contribution in [0.5, 0.6) is 0 Å². The maximum atomic E-state index is 13.7. The minimum absolute atomic E-state index is 0.254. The van der Waals surface area contributed by atoms with Crippen molar-refractivity contribution in [2.75, 3.05) is 18.0 Å². The second kappa shape index (κ2) is 7.22. The second-order valence-electron chi connectivity index (χ2n) is 6.64. The number of aromatic nitrogens is 2. The fourth-order valence-corrected chi connectivity index (χ4v) is 3.24. The Morgan fingerprint density at radius 3 is 2.35 bits per heavy atom. The number of nitrogens with two attached hydrogens (primary N) is 1. The van der Waals surface area contributed by atoms with Gasteiger partial charge in [-0.2, -0.15) is 0 Å². The lowest BCUT2D eigenvalue weighted by Gasteiger charge is -2.31. The predicted octanol–water partition coefficient (Wildman–Crippen LogP) is 3.88. The molecule has 2 aromatic carbocycles. The summed E-state index contributed by atoms with van der Waals surface area (Å²) in [5.74, 6) is 1.11. The number of anilines is 1. The summed E-state index contributed by atoms with van der Waals surface area (Å²) in [4.78, 5) is 11.7. The SMILES string of the molecule is NC1CCN(c2cc(-c3ccccc3)nc(-c3cccc(F)c3)n2)CC1. The lowest BCUT2D eigenvalue weighted by Crippen LogP contribution is -2.40. The van der Waals surface area contributed by atoms with Crippen molar-refractivity contribution in [1.82, 2.24) is 9.97 Å². The van der Waals surface area contributed by atoms with Crippen LogP contribution >= 0.6 is 0 Å². The summed E-state index contributed by atoms with van der Waals surface area (Å²) < 4.78 is 13.7. The summed E-state index contributed by atoms with van der Waals surface area (Å²) in [5.41, 5.74) is 8.56. The van der Waals surface area contributed by atoms with E-state index in [-0.39, 0.29) is 11.9 Å². The molecule has 0 aliphatic carbocycles. The van der Waals surface area contributed by atoms with Gasteiger partial charge < -0.3 is 10.6 Å². The molecule has 0 saturated carbocycles. The molecule has 4 rings (SSSR count). The monoisotopic (exact) mass is 348 g/mol. The van der Waals surface area contributed by atoms with E-state index in [4.69, 9.17) is 15.7 Å². The van der Waals surface area contributed by atoms with Crippen molar-refractivity contribution in [2.45, 2.75) is 18.9 Å². The Morgan fingerprint density at radius 2 is 1.62 bits per heavy atom. The van der Waals surface area contributed by atoms with Crippen molar-refractivity contribution in [1.29, 1.82) is 0 Å². The highest BCUT2D eigenvalue weighted by Gasteiger charge is 2.19. The Kier molecular flexibility index (Phi) is 4.63. The van der Waals surface area contributed by atoms with E-state index < -0.39 is 0 Å². The molecule has 1 aromatic heterocycles. The molecule has 0 unspecified atom stereocenters. The topological polar surface area (TPSA) is 55.0 Å². The molecule has 5 heteroatoms. The first kappa shape index (κ1) is 16.7. The molecule has 4 nitrogen and oxygen atoms in total. The molecular weight excluding hydrogens is 327 g/mol. The van der Waals surface area contributed by atoms with E-state index in [0.717, 1.165) is 43.0 Å². The van der Waals surface area contributed by atoms with Crippen LogP contribution in [0.25, 0.3) is 22.6 Å². The van der Waals surface area contributed by atoms with E-state index in [1.54, 1.807) is 6.07 Å². The average Bonchev–Trinajstić information content (AvgIpc) is 2.69. The third-order valence-electron chi connectivity index (χ3n) is 4.73. The molecule has 1 saturated heterocycles. The van der Waals surface area contributed by atoms with Crippen molar-refractivity contribution >= 4 is 5.82 Å². The molecule has 1 fully saturated rings. The molecule has 2 heterocycles. The maximum absolute atomic E-state index is 13.7. The largest absolute Gasteiger partial charge is 0.356 e. The summed E-state index contributed by atoms with van der Waals surface area (Å²) in [7, 11) is 0. The van der Waals surface area contributed by atoms with Crippen LogP contribution < -0.4 is 10.6 Å². The maximum Gasteiger partial charge on any atom is 0.162 e. The lowest BCUT2D eigenvalue weighted by molar-refractivity contribution is 0.498. The molecule has 2 N–H and O–H groups in total. The van der Waals surface area contributed by atoms with Gasteiger partial charge in [0.1, 0.15) is 11.6 Å². The Hall–Kier alpha value is -2.79. The standard InChI is InChI=1S/C21H21FN4/c22-17-8-4-7-16(13-17)21-24-19(15-5-2-1-3-6-15)14-20(25-21)26-11-9-18(23)10-12-26/h1-8,13-14,18H,9-12,23H2. The van der Waals surface area contributed by atoms with Gasteiger partial charge in [-0.15, -0.1) is 0 Å². The van der Waals surface area contributed by atoms with Gasteiger partial charge in [0.15, 0.2) is 5.82 Å². The number of hydrogen-bond donors (Lipinski definition) is 1. The van der Waals surface area contributed by atoms with E-state index in [2.05, 4.69) is 4.90 Å². The number of piperidine rings is 1. The minimum atomic E-state index is -0.290. The van der Waals surface area contributed by atoms with Crippen LogP contribution in [0.2, 0.25) is 0 Å². The molecule has 132 valence electrons. The normalized spacial score (nSPS) is 15.2. The van der Waals surface area contributed by atoms with Gasteiger partial charge in [0.05, 0.1) is 5.69 Å². The molecule has 0 atom stereocenters.